The van der Waals surface area contributed by atoms with Crippen LogP contribution in [-0.2, 0) is 10.1 Å². The van der Waals surface area contributed by atoms with Crippen molar-refractivity contribution in [2.45, 2.75) is 4.90 Å². The van der Waals surface area contributed by atoms with Crippen LogP contribution in [0.5, 0.6) is 0 Å². The van der Waals surface area contributed by atoms with Gasteiger partial charge in [-0.25, -0.2) is 0 Å². The minimum absolute atomic E-state index is 0. The van der Waals surface area contributed by atoms with E-state index in [1.54, 1.807) is 53.5 Å². The lowest BCUT2D eigenvalue weighted by atomic mass is 10.1. The second-order valence-corrected chi connectivity index (χ2v) is 6.65. The highest BCUT2D eigenvalue weighted by molar-refractivity contribution is 7.86. The molecule has 0 saturated heterocycles. The van der Waals surface area contributed by atoms with Gasteiger partial charge < -0.3 is 6.15 Å². The van der Waals surface area contributed by atoms with Crippen molar-refractivity contribution in [3.05, 3.63) is 59.8 Å². The number of nitrogens with zero attached hydrogens (tertiary/aromatic N) is 3. The molecule has 7 nitrogen and oxygen atoms in total. The third-order valence-corrected chi connectivity index (χ3v) is 4.44. The summed E-state index contributed by atoms with van der Waals surface area (Å²) in [4.78, 5) is 11.8. The van der Waals surface area contributed by atoms with Crippen LogP contribution in [0, 0.1) is 0 Å². The molecule has 0 atom stereocenters. The monoisotopic (exact) mass is 362 g/mol. The average molecular weight is 362 g/mol. The predicted octanol–water partition coefficient (Wildman–Crippen LogP) is 3.33. The summed E-state index contributed by atoms with van der Waals surface area (Å²) < 4.78 is 32.0. The highest BCUT2D eigenvalue weighted by atomic mass is 32.2. The molecule has 3 heterocycles. The third kappa shape index (κ3) is 3.71. The Morgan fingerprint density at radius 1 is 1.00 bits per heavy atom. The molecule has 9 heteroatoms. The van der Waals surface area contributed by atoms with Gasteiger partial charge in [0.1, 0.15) is 4.90 Å². The fourth-order valence-electron chi connectivity index (χ4n) is 2.13. The zero-order valence-electron chi connectivity index (χ0n) is 12.4. The lowest BCUT2D eigenvalue weighted by Crippen LogP contribution is -2.01. The molecular formula is C15H14N4O3S2. The van der Waals surface area contributed by atoms with E-state index in [-0.39, 0.29) is 16.6 Å². The Hall–Kier alpha value is -2.46. The molecule has 0 bridgehead atoms. The summed E-state index contributed by atoms with van der Waals surface area (Å²) in [6.07, 6.45) is 4.87. The van der Waals surface area contributed by atoms with E-state index in [4.69, 9.17) is 0 Å². The van der Waals surface area contributed by atoms with Gasteiger partial charge in [-0.15, -0.1) is 11.3 Å². The molecule has 0 aliphatic rings. The summed E-state index contributed by atoms with van der Waals surface area (Å²) in [7, 11) is -4.31. The number of benzene rings is 1. The van der Waals surface area contributed by atoms with Crippen molar-refractivity contribution in [1.29, 1.82) is 0 Å². The average Bonchev–Trinajstić information content (AvgIpc) is 3.13. The molecule has 0 fully saturated rings. The SMILES string of the molecule is N.O=S(=O)(O)c1cc2cccnc2c2cccnc12.c1cscn1. The van der Waals surface area contributed by atoms with Gasteiger partial charge >= 0.3 is 0 Å². The van der Waals surface area contributed by atoms with Gasteiger partial charge in [-0.3, -0.25) is 19.5 Å². The Kier molecular flexibility index (Phi) is 5.52. The summed E-state index contributed by atoms with van der Waals surface area (Å²) in [6, 6.07) is 8.26. The van der Waals surface area contributed by atoms with E-state index in [0.29, 0.717) is 16.3 Å². The first-order valence-electron chi connectivity index (χ1n) is 6.49. The van der Waals surface area contributed by atoms with Gasteiger partial charge in [0.25, 0.3) is 10.1 Å². The van der Waals surface area contributed by atoms with Gasteiger partial charge in [0, 0.05) is 34.7 Å². The molecule has 0 amide bonds. The maximum Gasteiger partial charge on any atom is 0.296 e. The maximum atomic E-state index is 11.4. The maximum absolute atomic E-state index is 11.4. The molecule has 0 saturated carbocycles. The van der Waals surface area contributed by atoms with Crippen LogP contribution in [0.3, 0.4) is 0 Å². The fourth-order valence-corrected chi connectivity index (χ4v) is 3.17. The number of aromatic nitrogens is 3. The van der Waals surface area contributed by atoms with Crippen LogP contribution < -0.4 is 6.15 Å². The van der Waals surface area contributed by atoms with E-state index in [2.05, 4.69) is 15.0 Å². The summed E-state index contributed by atoms with van der Waals surface area (Å²) in [5.74, 6) is 0. The Morgan fingerprint density at radius 2 is 1.71 bits per heavy atom. The van der Waals surface area contributed by atoms with Crippen LogP contribution in [0.4, 0.5) is 0 Å². The Balaban J connectivity index is 0.000000300. The molecule has 124 valence electrons. The number of pyridine rings is 2. The Bertz CT molecular complexity index is 1030. The molecule has 3 aromatic heterocycles. The van der Waals surface area contributed by atoms with Crippen LogP contribution in [0.2, 0.25) is 0 Å². The third-order valence-electron chi connectivity index (χ3n) is 3.05. The second-order valence-electron chi connectivity index (χ2n) is 4.50. The van der Waals surface area contributed by atoms with Crippen LogP contribution in [0.1, 0.15) is 0 Å². The van der Waals surface area contributed by atoms with E-state index in [9.17, 15) is 13.0 Å². The molecule has 4 rings (SSSR count). The zero-order chi connectivity index (χ0) is 16.3. The topological polar surface area (TPSA) is 128 Å². The lowest BCUT2D eigenvalue weighted by molar-refractivity contribution is 0.484. The van der Waals surface area contributed by atoms with Crippen molar-refractivity contribution in [1.82, 2.24) is 21.1 Å². The normalized spacial score (nSPS) is 10.7. The summed E-state index contributed by atoms with van der Waals surface area (Å²) in [5.41, 5.74) is 2.68. The first-order valence-corrected chi connectivity index (χ1v) is 8.88. The molecule has 4 N–H and O–H groups in total. The van der Waals surface area contributed by atoms with Gasteiger partial charge in [-0.1, -0.05) is 6.07 Å². The molecule has 24 heavy (non-hydrogen) atoms. The predicted molar refractivity (Wildman–Crippen MR) is 94.0 cm³/mol. The van der Waals surface area contributed by atoms with E-state index in [1.165, 1.54) is 12.3 Å². The molecule has 4 aromatic rings. The first kappa shape index (κ1) is 17.9. The molecule has 0 radical (unpaired) electrons. The zero-order valence-corrected chi connectivity index (χ0v) is 14.0. The van der Waals surface area contributed by atoms with Crippen molar-refractivity contribution in [3.8, 4) is 0 Å². The molecule has 0 unspecified atom stereocenters. The quantitative estimate of drug-likeness (QED) is 0.392. The van der Waals surface area contributed by atoms with Gasteiger partial charge in [0.2, 0.25) is 0 Å². The molecule has 0 aliphatic carbocycles. The van der Waals surface area contributed by atoms with Crippen molar-refractivity contribution < 1.29 is 13.0 Å². The standard InChI is InChI=1S/C12H8N2O3S.C3H3NS.H3N/c15-18(16,17)10-7-8-3-1-5-13-11(8)9-4-2-6-14-12(9)10;1-2-5-3-4-1;/h1-7H,(H,15,16,17);1-3H;1H3. The van der Waals surface area contributed by atoms with Crippen molar-refractivity contribution >= 4 is 43.3 Å². The molecular weight excluding hydrogens is 348 g/mol. The summed E-state index contributed by atoms with van der Waals surface area (Å²) >= 11 is 1.60. The molecule has 1 aromatic carbocycles. The number of fused-ring (bicyclic) bond motifs is 3. The number of hydrogen-bond donors (Lipinski definition) is 2. The van der Waals surface area contributed by atoms with Crippen LogP contribution in [0.15, 0.2) is 64.7 Å². The fraction of sp³-hybridized carbons (Fsp3) is 0. The minimum atomic E-state index is -4.31. The van der Waals surface area contributed by atoms with E-state index >= 15 is 0 Å². The second kappa shape index (κ2) is 7.41. The highest BCUT2D eigenvalue weighted by Gasteiger charge is 2.17. The van der Waals surface area contributed by atoms with Gasteiger partial charge in [-0.05, 0) is 24.3 Å². The lowest BCUT2D eigenvalue weighted by Gasteiger charge is -2.06. The number of hydrogen-bond acceptors (Lipinski definition) is 7. The van der Waals surface area contributed by atoms with Crippen molar-refractivity contribution in [2.24, 2.45) is 0 Å². The number of thiazole rings is 1. The van der Waals surface area contributed by atoms with E-state index in [0.717, 1.165) is 0 Å². The van der Waals surface area contributed by atoms with Crippen LogP contribution in [0.25, 0.3) is 21.8 Å². The Labute approximate surface area is 142 Å². The van der Waals surface area contributed by atoms with Gasteiger partial charge in [0.15, 0.2) is 0 Å². The summed E-state index contributed by atoms with van der Waals surface area (Å²) in [5, 5.41) is 3.17. The van der Waals surface area contributed by atoms with Gasteiger partial charge in [0.05, 0.1) is 16.5 Å². The van der Waals surface area contributed by atoms with E-state index < -0.39 is 10.1 Å². The van der Waals surface area contributed by atoms with E-state index in [1.807, 2.05) is 5.38 Å². The van der Waals surface area contributed by atoms with Gasteiger partial charge in [-0.2, -0.15) is 8.42 Å². The van der Waals surface area contributed by atoms with Crippen molar-refractivity contribution in [3.63, 3.8) is 0 Å². The molecule has 0 spiro atoms. The van der Waals surface area contributed by atoms with Crippen LogP contribution in [-0.4, -0.2) is 27.9 Å². The van der Waals surface area contributed by atoms with Crippen LogP contribution >= 0.6 is 11.3 Å². The van der Waals surface area contributed by atoms with Crippen molar-refractivity contribution in [2.75, 3.05) is 0 Å². The largest absolute Gasteiger partial charge is 0.344 e. The highest BCUT2D eigenvalue weighted by Crippen LogP contribution is 2.28. The minimum Gasteiger partial charge on any atom is -0.344 e. The first-order chi connectivity index (χ1) is 11.1. The Morgan fingerprint density at radius 3 is 2.29 bits per heavy atom. The number of rotatable bonds is 1. The summed E-state index contributed by atoms with van der Waals surface area (Å²) in [6.45, 7) is 0. The smallest absolute Gasteiger partial charge is 0.296 e. The molecule has 0 aliphatic heterocycles.